The highest BCUT2D eigenvalue weighted by Crippen LogP contribution is 2.47. The second kappa shape index (κ2) is 14.6. The molecule has 6 heterocycles. The standard InChI is InChI=1S/C39H42FN7O4S/c1-7-33(48)46-20-23(2)47-31(24(46)3)18-30(43-47)38-35(36-28(40)9-8-10-32(36)51-15-14-50-6)27-12-16-52-39(27)37(42-38)25-17-26-21-45(22-34(49)44(4)5)13-11-29(26)41-19-25/h7-10,12,16-19,23-24H,1,11,13-15,20-22H2,2-6H3/t23-,24+/m0/s1. The second-order valence-corrected chi connectivity index (χ2v) is 14.4. The van der Waals surface area contributed by atoms with Crippen LogP contribution in [0.1, 0.15) is 42.9 Å². The molecule has 0 bridgehead atoms. The maximum Gasteiger partial charge on any atom is 0.246 e. The van der Waals surface area contributed by atoms with Crippen LogP contribution in [-0.4, -0.2) is 100 Å². The van der Waals surface area contributed by atoms with Crippen LogP contribution in [0.25, 0.3) is 43.9 Å². The minimum Gasteiger partial charge on any atom is -0.490 e. The monoisotopic (exact) mass is 723 g/mol. The number of carbonyl (C=O) groups excluding carboxylic acids is 2. The van der Waals surface area contributed by atoms with Crippen molar-refractivity contribution in [1.82, 2.24) is 34.4 Å². The van der Waals surface area contributed by atoms with Gasteiger partial charge in [-0.2, -0.15) is 5.10 Å². The van der Waals surface area contributed by atoms with E-state index in [9.17, 15) is 9.59 Å². The third kappa shape index (κ3) is 6.48. The summed E-state index contributed by atoms with van der Waals surface area (Å²) in [6.45, 7) is 10.4. The lowest BCUT2D eigenvalue weighted by atomic mass is 9.94. The van der Waals surface area contributed by atoms with Crippen LogP contribution in [0.2, 0.25) is 0 Å². The van der Waals surface area contributed by atoms with Crippen LogP contribution in [-0.2, 0) is 27.3 Å². The number of halogens is 1. The molecule has 13 heteroatoms. The largest absolute Gasteiger partial charge is 0.490 e. The van der Waals surface area contributed by atoms with E-state index < -0.39 is 5.82 Å². The van der Waals surface area contributed by atoms with Gasteiger partial charge in [0, 0.05) is 75.7 Å². The maximum atomic E-state index is 16.2. The van der Waals surface area contributed by atoms with Crippen molar-refractivity contribution < 1.29 is 23.5 Å². The van der Waals surface area contributed by atoms with Gasteiger partial charge in [-0.15, -0.1) is 11.3 Å². The Hall–Kier alpha value is -4.98. The van der Waals surface area contributed by atoms with Crippen LogP contribution in [0.5, 0.6) is 5.75 Å². The van der Waals surface area contributed by atoms with E-state index in [4.69, 9.17) is 24.5 Å². The van der Waals surface area contributed by atoms with Gasteiger partial charge in [0.2, 0.25) is 11.8 Å². The van der Waals surface area contributed by atoms with E-state index in [-0.39, 0.29) is 36.1 Å². The summed E-state index contributed by atoms with van der Waals surface area (Å²) in [5.41, 5.74) is 6.31. The van der Waals surface area contributed by atoms with Gasteiger partial charge in [0.15, 0.2) is 0 Å². The quantitative estimate of drug-likeness (QED) is 0.125. The normalized spacial score (nSPS) is 17.2. The van der Waals surface area contributed by atoms with Gasteiger partial charge in [-0.1, -0.05) is 12.6 Å². The third-order valence-electron chi connectivity index (χ3n) is 9.87. The predicted molar refractivity (Wildman–Crippen MR) is 200 cm³/mol. The number of hydrogen-bond acceptors (Lipinski definition) is 9. The summed E-state index contributed by atoms with van der Waals surface area (Å²) in [7, 11) is 5.13. The topological polar surface area (TPSA) is 106 Å². The SMILES string of the molecule is C=CC(=O)N1C[C@H](C)n2nc(-c3nc(-c4cnc5c(c4)CN(CC(=O)N(C)C)CC5)c4sccc4c3-c3c(F)cccc3OCCOC)cc2[C@H]1C. The molecule has 4 aromatic heterocycles. The Bertz CT molecular complexity index is 2180. The fraction of sp³-hybridized carbons (Fsp3) is 0.359. The fourth-order valence-electron chi connectivity index (χ4n) is 7.12. The summed E-state index contributed by atoms with van der Waals surface area (Å²) < 4.78 is 30.4. The number of hydrogen-bond donors (Lipinski definition) is 0. The van der Waals surface area contributed by atoms with E-state index in [1.807, 2.05) is 42.2 Å². The van der Waals surface area contributed by atoms with E-state index in [0.29, 0.717) is 54.6 Å². The lowest BCUT2D eigenvalue weighted by Crippen LogP contribution is -2.42. The molecule has 2 aliphatic heterocycles. The molecule has 0 N–H and O–H groups in total. The van der Waals surface area contributed by atoms with Crippen molar-refractivity contribution in [3.05, 3.63) is 83.4 Å². The lowest BCUT2D eigenvalue weighted by molar-refractivity contribution is -0.130. The van der Waals surface area contributed by atoms with Gasteiger partial charge in [-0.05, 0) is 61.2 Å². The first-order chi connectivity index (χ1) is 25.1. The van der Waals surface area contributed by atoms with Gasteiger partial charge in [0.25, 0.3) is 0 Å². The molecule has 2 atom stereocenters. The molecule has 1 aromatic carbocycles. The van der Waals surface area contributed by atoms with Crippen molar-refractivity contribution in [2.45, 2.75) is 38.9 Å². The van der Waals surface area contributed by atoms with Gasteiger partial charge in [0.05, 0.1) is 46.9 Å². The number of methoxy groups -OCH3 is 1. The highest BCUT2D eigenvalue weighted by molar-refractivity contribution is 7.17. The summed E-state index contributed by atoms with van der Waals surface area (Å²) in [6.07, 6.45) is 3.93. The Kier molecular flexibility index (Phi) is 9.92. The van der Waals surface area contributed by atoms with E-state index in [0.717, 1.165) is 45.6 Å². The fourth-order valence-corrected chi connectivity index (χ4v) is 8.03. The minimum absolute atomic E-state index is 0.0526. The number of fused-ring (bicyclic) bond motifs is 3. The Morgan fingerprint density at radius 1 is 1.13 bits per heavy atom. The highest BCUT2D eigenvalue weighted by Gasteiger charge is 2.34. The molecule has 0 fully saturated rings. The van der Waals surface area contributed by atoms with Crippen molar-refractivity contribution in [1.29, 1.82) is 0 Å². The lowest BCUT2D eigenvalue weighted by Gasteiger charge is -2.36. The average Bonchev–Trinajstić information content (AvgIpc) is 3.81. The van der Waals surface area contributed by atoms with E-state index >= 15 is 4.39 Å². The molecule has 0 radical (unpaired) electrons. The molecule has 7 rings (SSSR count). The number of ether oxygens (including phenoxy) is 2. The van der Waals surface area contributed by atoms with Crippen LogP contribution in [0, 0.1) is 5.82 Å². The summed E-state index contributed by atoms with van der Waals surface area (Å²) in [4.78, 5) is 41.1. The number of carbonyl (C=O) groups is 2. The Labute approximate surface area is 306 Å². The average molecular weight is 724 g/mol. The van der Waals surface area contributed by atoms with E-state index in [2.05, 4.69) is 17.5 Å². The zero-order chi connectivity index (χ0) is 36.7. The smallest absolute Gasteiger partial charge is 0.246 e. The molecule has 0 unspecified atom stereocenters. The summed E-state index contributed by atoms with van der Waals surface area (Å²) >= 11 is 1.53. The van der Waals surface area contributed by atoms with Crippen LogP contribution < -0.4 is 4.74 Å². The van der Waals surface area contributed by atoms with Crippen molar-refractivity contribution in [2.75, 3.05) is 54.1 Å². The van der Waals surface area contributed by atoms with E-state index in [1.54, 1.807) is 43.1 Å². The van der Waals surface area contributed by atoms with E-state index in [1.165, 1.54) is 23.5 Å². The van der Waals surface area contributed by atoms with Gasteiger partial charge >= 0.3 is 0 Å². The van der Waals surface area contributed by atoms with Gasteiger partial charge in [-0.3, -0.25) is 24.2 Å². The van der Waals surface area contributed by atoms with Crippen molar-refractivity contribution in [3.63, 3.8) is 0 Å². The van der Waals surface area contributed by atoms with Crippen LogP contribution >= 0.6 is 11.3 Å². The zero-order valence-corrected chi connectivity index (χ0v) is 30.9. The number of nitrogens with zero attached hydrogens (tertiary/aromatic N) is 7. The number of pyridine rings is 2. The molecule has 2 amide bonds. The van der Waals surface area contributed by atoms with Crippen LogP contribution in [0.4, 0.5) is 4.39 Å². The van der Waals surface area contributed by atoms with Gasteiger partial charge < -0.3 is 19.3 Å². The first-order valence-corrected chi connectivity index (χ1v) is 18.2. The number of likely N-dealkylation sites (N-methyl/N-ethyl adjacent to an activating group) is 1. The number of benzene rings is 1. The molecular weight excluding hydrogens is 682 g/mol. The highest BCUT2D eigenvalue weighted by atomic mass is 32.1. The first-order valence-electron chi connectivity index (χ1n) is 17.3. The molecule has 0 saturated heterocycles. The van der Waals surface area contributed by atoms with Gasteiger partial charge in [-0.25, -0.2) is 9.37 Å². The molecule has 11 nitrogen and oxygen atoms in total. The van der Waals surface area contributed by atoms with Crippen molar-refractivity contribution in [2.24, 2.45) is 0 Å². The molecule has 0 saturated carbocycles. The van der Waals surface area contributed by atoms with Gasteiger partial charge in [0.1, 0.15) is 29.6 Å². The number of rotatable bonds is 10. The first kappa shape index (κ1) is 35.4. The molecule has 5 aromatic rings. The second-order valence-electron chi connectivity index (χ2n) is 13.5. The molecular formula is C39H42FN7O4S. The molecule has 52 heavy (non-hydrogen) atoms. The number of aromatic nitrogens is 4. The summed E-state index contributed by atoms with van der Waals surface area (Å²) in [5, 5.41) is 7.88. The number of thiophene rings is 1. The zero-order valence-electron chi connectivity index (χ0n) is 30.1. The Morgan fingerprint density at radius 3 is 2.73 bits per heavy atom. The van der Waals surface area contributed by atoms with Crippen molar-refractivity contribution in [3.8, 4) is 39.5 Å². The Balaban J connectivity index is 1.42. The Morgan fingerprint density at radius 2 is 1.96 bits per heavy atom. The van der Waals surface area contributed by atoms with Crippen LogP contribution in [0.3, 0.4) is 0 Å². The minimum atomic E-state index is -0.450. The molecule has 0 aliphatic carbocycles. The van der Waals surface area contributed by atoms with Crippen LogP contribution in [0.15, 0.2) is 60.6 Å². The summed E-state index contributed by atoms with van der Waals surface area (Å²) in [6, 6.07) is 10.5. The third-order valence-corrected chi connectivity index (χ3v) is 10.8. The predicted octanol–water partition coefficient (Wildman–Crippen LogP) is 6.15. The maximum absolute atomic E-state index is 16.2. The molecule has 270 valence electrons. The molecule has 0 spiro atoms. The summed E-state index contributed by atoms with van der Waals surface area (Å²) in [5.74, 6) is -0.175. The van der Waals surface area contributed by atoms with Crippen molar-refractivity contribution >= 4 is 33.2 Å². The molecule has 2 aliphatic rings. The number of amides is 2.